The van der Waals surface area contributed by atoms with E-state index in [1.54, 1.807) is 36.4 Å². The summed E-state index contributed by atoms with van der Waals surface area (Å²) >= 11 is 0. The molecular formula is C26H24N4O6. The quantitative estimate of drug-likeness (QED) is 0.184. The van der Waals surface area contributed by atoms with Crippen molar-refractivity contribution in [3.05, 3.63) is 76.4 Å². The fourth-order valence-corrected chi connectivity index (χ4v) is 5.06. The lowest BCUT2D eigenvalue weighted by Crippen LogP contribution is -2.46. The van der Waals surface area contributed by atoms with Crippen molar-refractivity contribution >= 4 is 35.2 Å². The first kappa shape index (κ1) is 23.4. The summed E-state index contributed by atoms with van der Waals surface area (Å²) in [6, 6.07) is 10.5. The number of ether oxygens (including phenoxy) is 1. The minimum absolute atomic E-state index is 0.0885. The third-order valence-corrected chi connectivity index (χ3v) is 6.76. The Hall–Kier alpha value is -4.34. The first-order valence-electron chi connectivity index (χ1n) is 11.8. The summed E-state index contributed by atoms with van der Waals surface area (Å²) in [6.07, 6.45) is 6.86. The minimum Gasteiger partial charge on any atom is -0.494 e. The number of hydrazone groups is 1. The van der Waals surface area contributed by atoms with Gasteiger partial charge >= 0.3 is 0 Å². The number of carbonyl (C=O) groups is 3. The maximum Gasteiger partial charge on any atom is 0.270 e. The number of amides is 2. The van der Waals surface area contributed by atoms with Crippen LogP contribution < -0.4 is 9.64 Å². The Kier molecular flexibility index (Phi) is 6.09. The smallest absolute Gasteiger partial charge is 0.270 e. The van der Waals surface area contributed by atoms with Crippen molar-refractivity contribution in [2.45, 2.75) is 31.8 Å². The standard InChI is InChI=1S/C26H24N4O6/c1-2-3-14-36-19-11-9-17(10-12-19)28-25(32)21-20-8-5-13-27-29(20)23(22(21)26(28)33)24(31)16-6-4-7-18(15-16)30(34)35/h4-13,15,20-23H,2-3,14H2,1H3/t20-,21-,22-,23+/m1/s1. The zero-order valence-corrected chi connectivity index (χ0v) is 19.5. The van der Waals surface area contributed by atoms with Crippen LogP contribution in [0.1, 0.15) is 30.1 Å². The number of ketones is 1. The number of hydrogen-bond donors (Lipinski definition) is 0. The average molecular weight is 489 g/mol. The number of non-ortho nitro benzene ring substituents is 1. The van der Waals surface area contributed by atoms with E-state index in [1.165, 1.54) is 35.5 Å². The van der Waals surface area contributed by atoms with E-state index in [-0.39, 0.29) is 11.3 Å². The van der Waals surface area contributed by atoms with Gasteiger partial charge in [0, 0.05) is 23.9 Å². The highest BCUT2D eigenvalue weighted by Gasteiger charge is 2.64. The molecule has 0 radical (unpaired) electrons. The molecule has 0 N–H and O–H groups in total. The summed E-state index contributed by atoms with van der Waals surface area (Å²) in [4.78, 5) is 52.6. The number of nitro benzene ring substituents is 1. The predicted octanol–water partition coefficient (Wildman–Crippen LogP) is 3.37. The number of rotatable bonds is 8. The molecule has 4 atom stereocenters. The molecule has 2 amide bonds. The number of nitro groups is 1. The highest BCUT2D eigenvalue weighted by atomic mass is 16.6. The SMILES string of the molecule is CCCCOc1ccc(N2C(=O)[C@@H]3[C@H](C2=O)[C@H]2C=CC=NN2[C@@H]3C(=O)c2cccc([N+](=O)[O-])c2)cc1. The van der Waals surface area contributed by atoms with Crippen LogP contribution in [0, 0.1) is 22.0 Å². The van der Waals surface area contributed by atoms with Gasteiger partial charge in [0.1, 0.15) is 11.8 Å². The zero-order valence-electron chi connectivity index (χ0n) is 19.5. The van der Waals surface area contributed by atoms with Crippen LogP contribution in [-0.4, -0.2) is 52.4 Å². The molecule has 2 saturated heterocycles. The average Bonchev–Trinajstić information content (AvgIpc) is 3.36. The van der Waals surface area contributed by atoms with Gasteiger partial charge in [-0.05, 0) is 36.8 Å². The van der Waals surface area contributed by atoms with E-state index in [2.05, 4.69) is 12.0 Å². The molecule has 2 fully saturated rings. The normalized spacial score (nSPS) is 24.1. The summed E-state index contributed by atoms with van der Waals surface area (Å²) in [5, 5.41) is 17.0. The lowest BCUT2D eigenvalue weighted by molar-refractivity contribution is -0.384. The van der Waals surface area contributed by atoms with Crippen LogP contribution >= 0.6 is 0 Å². The Balaban J connectivity index is 1.47. The van der Waals surface area contributed by atoms with Gasteiger partial charge in [-0.2, -0.15) is 5.10 Å². The molecule has 5 rings (SSSR count). The van der Waals surface area contributed by atoms with Crippen molar-refractivity contribution < 1.29 is 24.0 Å². The van der Waals surface area contributed by atoms with Gasteiger partial charge in [0.05, 0.1) is 35.1 Å². The van der Waals surface area contributed by atoms with Crippen LogP contribution in [0.5, 0.6) is 5.75 Å². The fourth-order valence-electron chi connectivity index (χ4n) is 5.06. The Bertz CT molecular complexity index is 1290. The molecule has 10 heteroatoms. The molecule has 36 heavy (non-hydrogen) atoms. The largest absolute Gasteiger partial charge is 0.494 e. The number of Topliss-reactive ketones (excluding diaryl/α,β-unsaturated/α-hetero) is 1. The summed E-state index contributed by atoms with van der Waals surface area (Å²) in [6.45, 7) is 2.65. The molecule has 2 aromatic carbocycles. The van der Waals surface area contributed by atoms with E-state index in [1.807, 2.05) is 0 Å². The molecule has 0 bridgehead atoms. The summed E-state index contributed by atoms with van der Waals surface area (Å²) < 4.78 is 5.67. The van der Waals surface area contributed by atoms with Gasteiger partial charge in [0.25, 0.3) is 5.69 Å². The van der Waals surface area contributed by atoms with E-state index in [4.69, 9.17) is 4.74 Å². The van der Waals surface area contributed by atoms with Crippen molar-refractivity contribution in [3.8, 4) is 5.75 Å². The summed E-state index contributed by atoms with van der Waals surface area (Å²) in [7, 11) is 0. The lowest BCUT2D eigenvalue weighted by atomic mass is 9.86. The predicted molar refractivity (Wildman–Crippen MR) is 131 cm³/mol. The van der Waals surface area contributed by atoms with E-state index in [0.29, 0.717) is 18.0 Å². The van der Waals surface area contributed by atoms with Crippen LogP contribution in [-0.2, 0) is 9.59 Å². The third-order valence-electron chi connectivity index (χ3n) is 6.76. The van der Waals surface area contributed by atoms with Crippen LogP contribution in [0.3, 0.4) is 0 Å². The summed E-state index contributed by atoms with van der Waals surface area (Å²) in [5.41, 5.74) is 0.259. The highest BCUT2D eigenvalue weighted by molar-refractivity contribution is 6.24. The van der Waals surface area contributed by atoms with Crippen LogP contribution in [0.25, 0.3) is 0 Å². The monoisotopic (exact) mass is 488 g/mol. The minimum atomic E-state index is -1.07. The third kappa shape index (κ3) is 3.84. The van der Waals surface area contributed by atoms with Crippen molar-refractivity contribution in [1.82, 2.24) is 5.01 Å². The van der Waals surface area contributed by atoms with E-state index >= 15 is 0 Å². The van der Waals surface area contributed by atoms with E-state index in [0.717, 1.165) is 17.7 Å². The van der Waals surface area contributed by atoms with Crippen LogP contribution in [0.4, 0.5) is 11.4 Å². The van der Waals surface area contributed by atoms with E-state index in [9.17, 15) is 24.5 Å². The number of imide groups is 1. The van der Waals surface area contributed by atoms with Crippen molar-refractivity contribution in [3.63, 3.8) is 0 Å². The Morgan fingerprint density at radius 1 is 1.11 bits per heavy atom. The number of benzene rings is 2. The van der Waals surface area contributed by atoms with Gasteiger partial charge in [-0.15, -0.1) is 0 Å². The van der Waals surface area contributed by atoms with Crippen molar-refractivity contribution in [2.75, 3.05) is 11.5 Å². The molecule has 3 heterocycles. The fraction of sp³-hybridized carbons (Fsp3) is 0.308. The molecule has 184 valence electrons. The van der Waals surface area contributed by atoms with Gasteiger partial charge in [-0.25, -0.2) is 4.90 Å². The number of hydrogen-bond acceptors (Lipinski definition) is 8. The molecule has 3 aliphatic heterocycles. The lowest BCUT2D eigenvalue weighted by Gasteiger charge is -2.30. The van der Waals surface area contributed by atoms with Crippen LogP contribution in [0.15, 0.2) is 65.8 Å². The molecule has 0 aromatic heterocycles. The first-order valence-corrected chi connectivity index (χ1v) is 11.8. The van der Waals surface area contributed by atoms with Gasteiger partial charge in [-0.1, -0.05) is 31.6 Å². The zero-order chi connectivity index (χ0) is 25.4. The highest BCUT2D eigenvalue weighted by Crippen LogP contribution is 2.46. The molecule has 0 aliphatic carbocycles. The molecule has 0 spiro atoms. The topological polar surface area (TPSA) is 122 Å². The molecule has 0 saturated carbocycles. The second-order valence-corrected chi connectivity index (χ2v) is 8.90. The molecular weight excluding hydrogens is 464 g/mol. The molecule has 10 nitrogen and oxygen atoms in total. The van der Waals surface area contributed by atoms with E-state index < -0.39 is 46.4 Å². The molecule has 3 aliphatic rings. The second-order valence-electron chi connectivity index (χ2n) is 8.90. The Morgan fingerprint density at radius 2 is 1.86 bits per heavy atom. The maximum absolute atomic E-state index is 13.7. The number of unbranched alkanes of at least 4 members (excludes halogenated alkanes) is 1. The number of carbonyl (C=O) groups excluding carboxylic acids is 3. The number of anilines is 1. The first-order chi connectivity index (χ1) is 17.4. The Morgan fingerprint density at radius 3 is 2.58 bits per heavy atom. The van der Waals surface area contributed by atoms with Crippen LogP contribution in [0.2, 0.25) is 0 Å². The number of nitrogens with zero attached hydrogens (tertiary/aromatic N) is 4. The molecule has 0 unspecified atom stereocenters. The van der Waals surface area contributed by atoms with Gasteiger partial charge in [0.15, 0.2) is 5.78 Å². The second kappa shape index (κ2) is 9.37. The van der Waals surface area contributed by atoms with Gasteiger partial charge in [-0.3, -0.25) is 29.5 Å². The maximum atomic E-state index is 13.7. The van der Waals surface area contributed by atoms with Crippen molar-refractivity contribution in [1.29, 1.82) is 0 Å². The Labute approximate surface area is 207 Å². The summed E-state index contributed by atoms with van der Waals surface area (Å²) in [5.74, 6) is -2.54. The number of fused-ring (bicyclic) bond motifs is 3. The van der Waals surface area contributed by atoms with Gasteiger partial charge < -0.3 is 4.74 Å². The number of allylic oxidation sites excluding steroid dienone is 1. The van der Waals surface area contributed by atoms with Crippen molar-refractivity contribution in [2.24, 2.45) is 16.9 Å². The van der Waals surface area contributed by atoms with Gasteiger partial charge in [0.2, 0.25) is 11.8 Å². The molecule has 2 aromatic rings.